The molecular formula is C21H26BrFN4O2. The lowest BCUT2D eigenvalue weighted by atomic mass is 10.2. The number of anilines is 2. The molecule has 0 heterocycles. The van der Waals surface area contributed by atoms with E-state index in [0.717, 1.165) is 36.0 Å². The number of unbranched alkanes of at least 4 members (excludes halogenated alkanes) is 1. The van der Waals surface area contributed by atoms with Crippen LogP contribution in [0.2, 0.25) is 0 Å². The van der Waals surface area contributed by atoms with Crippen molar-refractivity contribution in [2.45, 2.75) is 26.3 Å². The molecule has 0 unspecified atom stereocenters. The zero-order valence-corrected chi connectivity index (χ0v) is 18.2. The number of halogens is 2. The maximum Gasteiger partial charge on any atom is 0.319 e. The molecule has 3 N–H and O–H groups in total. The van der Waals surface area contributed by atoms with Crippen LogP contribution in [0.5, 0.6) is 0 Å². The molecule has 8 heteroatoms. The van der Waals surface area contributed by atoms with E-state index in [4.69, 9.17) is 0 Å². The van der Waals surface area contributed by atoms with Gasteiger partial charge in [0.15, 0.2) is 0 Å². The molecule has 0 aliphatic carbocycles. The Morgan fingerprint density at radius 3 is 2.48 bits per heavy atom. The first kappa shape index (κ1) is 22.8. The van der Waals surface area contributed by atoms with Gasteiger partial charge < -0.3 is 20.9 Å². The summed E-state index contributed by atoms with van der Waals surface area (Å²) < 4.78 is 13.7. The van der Waals surface area contributed by atoms with Crippen LogP contribution in [0.15, 0.2) is 46.9 Å². The fourth-order valence-electron chi connectivity index (χ4n) is 2.76. The largest absolute Gasteiger partial charge is 0.338 e. The first-order valence-electron chi connectivity index (χ1n) is 9.38. The molecule has 156 valence electrons. The second-order valence-electron chi connectivity index (χ2n) is 6.83. The average molecular weight is 465 g/mol. The lowest BCUT2D eigenvalue weighted by Gasteiger charge is -2.16. The van der Waals surface area contributed by atoms with Crippen LogP contribution in [0.1, 0.15) is 25.3 Å². The smallest absolute Gasteiger partial charge is 0.319 e. The van der Waals surface area contributed by atoms with Crippen molar-refractivity contribution in [2.75, 3.05) is 30.8 Å². The Balaban J connectivity index is 1.67. The van der Waals surface area contributed by atoms with Gasteiger partial charge in [-0.05, 0) is 78.3 Å². The highest BCUT2D eigenvalue weighted by atomic mass is 79.9. The summed E-state index contributed by atoms with van der Waals surface area (Å²) in [7, 11) is 2.02. The molecule has 0 radical (unpaired) electrons. The van der Waals surface area contributed by atoms with Gasteiger partial charge in [0.25, 0.3) is 0 Å². The van der Waals surface area contributed by atoms with Gasteiger partial charge in [-0.2, -0.15) is 0 Å². The van der Waals surface area contributed by atoms with E-state index in [1.807, 2.05) is 7.05 Å². The Bertz CT molecular complexity index is 830. The minimum Gasteiger partial charge on any atom is -0.338 e. The molecule has 2 rings (SSSR count). The Labute approximate surface area is 179 Å². The highest BCUT2D eigenvalue weighted by molar-refractivity contribution is 9.10. The van der Waals surface area contributed by atoms with Crippen LogP contribution in [0.3, 0.4) is 0 Å². The van der Waals surface area contributed by atoms with E-state index in [1.165, 1.54) is 19.1 Å². The number of nitrogens with zero attached hydrogens (tertiary/aromatic N) is 1. The first-order valence-corrected chi connectivity index (χ1v) is 10.2. The Kier molecular flexibility index (Phi) is 9.08. The Morgan fingerprint density at radius 1 is 1.07 bits per heavy atom. The number of hydrogen-bond acceptors (Lipinski definition) is 3. The van der Waals surface area contributed by atoms with Gasteiger partial charge in [-0.1, -0.05) is 12.1 Å². The van der Waals surface area contributed by atoms with E-state index in [0.29, 0.717) is 17.9 Å². The van der Waals surface area contributed by atoms with E-state index >= 15 is 0 Å². The van der Waals surface area contributed by atoms with Crippen molar-refractivity contribution in [3.63, 3.8) is 0 Å². The highest BCUT2D eigenvalue weighted by Gasteiger charge is 2.07. The number of rotatable bonds is 9. The number of carbonyl (C=O) groups excluding carboxylic acids is 2. The molecule has 0 saturated carbocycles. The van der Waals surface area contributed by atoms with Crippen LogP contribution in [-0.2, 0) is 11.3 Å². The topological polar surface area (TPSA) is 73.5 Å². The summed E-state index contributed by atoms with van der Waals surface area (Å²) >= 11 is 3.38. The van der Waals surface area contributed by atoms with Crippen LogP contribution in [-0.4, -0.2) is 37.0 Å². The van der Waals surface area contributed by atoms with Gasteiger partial charge in [-0.25, -0.2) is 9.18 Å². The zero-order valence-electron chi connectivity index (χ0n) is 16.6. The van der Waals surface area contributed by atoms with Crippen molar-refractivity contribution < 1.29 is 14.0 Å². The molecule has 2 aromatic carbocycles. The third kappa shape index (κ3) is 8.62. The third-order valence-electron chi connectivity index (χ3n) is 4.15. The van der Waals surface area contributed by atoms with E-state index in [-0.39, 0.29) is 17.8 Å². The molecule has 0 saturated heterocycles. The van der Waals surface area contributed by atoms with Crippen LogP contribution in [0.25, 0.3) is 0 Å². The van der Waals surface area contributed by atoms with Crippen molar-refractivity contribution in [1.29, 1.82) is 0 Å². The highest BCUT2D eigenvalue weighted by Crippen LogP contribution is 2.26. The van der Waals surface area contributed by atoms with Gasteiger partial charge in [-0.3, -0.25) is 4.79 Å². The molecule has 2 aromatic rings. The predicted molar refractivity (Wildman–Crippen MR) is 117 cm³/mol. The molecule has 0 atom stereocenters. The molecule has 0 aromatic heterocycles. The standard InChI is InChI=1S/C21H26BrFN4O2/c1-15(28)25-18-9-10-19(22)20(13-18)26-21(29)24-11-3-4-12-27(2)14-16-5-7-17(23)8-6-16/h5-10,13H,3-4,11-12,14H2,1-2H3,(H,25,28)(H2,24,26,29). The lowest BCUT2D eigenvalue weighted by molar-refractivity contribution is -0.114. The quantitative estimate of drug-likeness (QED) is 0.475. The molecule has 0 fully saturated rings. The van der Waals surface area contributed by atoms with Crippen LogP contribution >= 0.6 is 15.9 Å². The molecule has 0 aliphatic rings. The summed E-state index contributed by atoms with van der Waals surface area (Å²) in [5.41, 5.74) is 2.26. The van der Waals surface area contributed by atoms with Crippen molar-refractivity contribution in [1.82, 2.24) is 10.2 Å². The van der Waals surface area contributed by atoms with Crippen LogP contribution < -0.4 is 16.0 Å². The summed E-state index contributed by atoms with van der Waals surface area (Å²) in [5, 5.41) is 8.28. The van der Waals surface area contributed by atoms with Gasteiger partial charge in [0.05, 0.1) is 5.69 Å². The minimum atomic E-state index is -0.301. The SMILES string of the molecule is CC(=O)Nc1ccc(Br)c(NC(=O)NCCCCN(C)Cc2ccc(F)cc2)c1. The van der Waals surface area contributed by atoms with Crippen molar-refractivity contribution in [3.05, 3.63) is 58.3 Å². The van der Waals surface area contributed by atoms with Gasteiger partial charge in [0, 0.05) is 30.2 Å². The monoisotopic (exact) mass is 464 g/mol. The van der Waals surface area contributed by atoms with Crippen molar-refractivity contribution in [2.24, 2.45) is 0 Å². The molecule has 0 bridgehead atoms. The molecule has 0 aliphatic heterocycles. The van der Waals surface area contributed by atoms with Crippen molar-refractivity contribution >= 4 is 39.2 Å². The number of urea groups is 1. The van der Waals surface area contributed by atoms with Crippen molar-refractivity contribution in [3.8, 4) is 0 Å². The van der Waals surface area contributed by atoms with Gasteiger partial charge >= 0.3 is 6.03 Å². The van der Waals surface area contributed by atoms with E-state index < -0.39 is 0 Å². The summed E-state index contributed by atoms with van der Waals surface area (Å²) in [6, 6.07) is 11.4. The third-order valence-corrected chi connectivity index (χ3v) is 4.84. The predicted octanol–water partition coefficient (Wildman–Crippen LogP) is 4.58. The second kappa shape index (κ2) is 11.5. The summed E-state index contributed by atoms with van der Waals surface area (Å²) in [4.78, 5) is 25.4. The van der Waals surface area contributed by atoms with E-state index in [1.54, 1.807) is 30.3 Å². The molecule has 6 nitrogen and oxygen atoms in total. The molecular weight excluding hydrogens is 439 g/mol. The van der Waals surface area contributed by atoms with Gasteiger partial charge in [0.1, 0.15) is 5.82 Å². The van der Waals surface area contributed by atoms with E-state index in [9.17, 15) is 14.0 Å². The first-order chi connectivity index (χ1) is 13.8. The Morgan fingerprint density at radius 2 is 1.79 bits per heavy atom. The fourth-order valence-corrected chi connectivity index (χ4v) is 3.10. The summed E-state index contributed by atoms with van der Waals surface area (Å²) in [6.07, 6.45) is 1.77. The summed E-state index contributed by atoms with van der Waals surface area (Å²) in [6.45, 7) is 3.62. The van der Waals surface area contributed by atoms with E-state index in [2.05, 4.69) is 36.8 Å². The number of amides is 3. The second-order valence-corrected chi connectivity index (χ2v) is 7.68. The fraction of sp³-hybridized carbons (Fsp3) is 0.333. The zero-order chi connectivity index (χ0) is 21.2. The number of carbonyl (C=O) groups is 2. The van der Waals surface area contributed by atoms with Crippen LogP contribution in [0.4, 0.5) is 20.6 Å². The average Bonchev–Trinajstić information content (AvgIpc) is 2.65. The number of hydrogen-bond donors (Lipinski definition) is 3. The number of nitrogens with one attached hydrogen (secondary N) is 3. The maximum atomic E-state index is 12.9. The molecule has 3 amide bonds. The maximum absolute atomic E-state index is 12.9. The normalized spacial score (nSPS) is 10.7. The van der Waals surface area contributed by atoms with Gasteiger partial charge in [0.2, 0.25) is 5.91 Å². The lowest BCUT2D eigenvalue weighted by Crippen LogP contribution is -2.30. The molecule has 29 heavy (non-hydrogen) atoms. The minimum absolute atomic E-state index is 0.174. The summed E-state index contributed by atoms with van der Waals surface area (Å²) in [5.74, 6) is -0.401. The number of benzene rings is 2. The van der Waals surface area contributed by atoms with Gasteiger partial charge in [-0.15, -0.1) is 0 Å². The van der Waals surface area contributed by atoms with Crippen LogP contribution in [0, 0.1) is 5.82 Å². The molecule has 0 spiro atoms. The Hall–Kier alpha value is -2.45.